The van der Waals surface area contributed by atoms with Crippen LogP contribution in [0.5, 0.6) is 0 Å². The van der Waals surface area contributed by atoms with Gasteiger partial charge < -0.3 is 40.7 Å². The molecular weight excluding hydrogens is 742 g/mol. The Labute approximate surface area is 331 Å². The minimum absolute atomic E-state index is 0.0498. The molecule has 6 rings (SSSR count). The molecule has 0 radical (unpaired) electrons. The van der Waals surface area contributed by atoms with Crippen LogP contribution in [0.2, 0.25) is 5.02 Å². The number of nitrogens with zero attached hydrogens (tertiary/aromatic N) is 3. The number of carbonyl (C=O) groups excluding carboxylic acids is 7. The molecule has 4 heterocycles. The summed E-state index contributed by atoms with van der Waals surface area (Å²) < 4.78 is 5.94. The minimum Gasteiger partial charge on any atom is -0.458 e. The summed E-state index contributed by atoms with van der Waals surface area (Å²) in [4.78, 5) is 102. The van der Waals surface area contributed by atoms with Gasteiger partial charge in [0, 0.05) is 36.8 Å². The zero-order chi connectivity index (χ0) is 40.1. The number of piperidine rings is 1. The van der Waals surface area contributed by atoms with E-state index in [0.717, 1.165) is 5.56 Å². The van der Waals surface area contributed by atoms with E-state index in [4.69, 9.17) is 16.3 Å². The molecule has 2 aromatic rings. The number of hydrogen-bond acceptors (Lipinski definition) is 8. The Morgan fingerprint density at radius 3 is 2.23 bits per heavy atom. The molecule has 4 saturated heterocycles. The molecule has 4 aliphatic rings. The molecule has 15 nitrogen and oxygen atoms in total. The van der Waals surface area contributed by atoms with Crippen LogP contribution >= 0.6 is 11.6 Å². The number of amides is 7. The summed E-state index contributed by atoms with van der Waals surface area (Å²) in [5.74, 6) is -3.53. The van der Waals surface area contributed by atoms with Crippen LogP contribution in [0.15, 0.2) is 54.6 Å². The summed E-state index contributed by atoms with van der Waals surface area (Å²) in [6.07, 6.45) is 1.69. The summed E-state index contributed by atoms with van der Waals surface area (Å²) in [7, 11) is 0. The van der Waals surface area contributed by atoms with E-state index >= 15 is 0 Å². The average molecular weight is 792 g/mol. The van der Waals surface area contributed by atoms with Crippen molar-refractivity contribution in [3.63, 3.8) is 0 Å². The van der Waals surface area contributed by atoms with Crippen molar-refractivity contribution in [2.75, 3.05) is 25.0 Å². The van der Waals surface area contributed by atoms with Gasteiger partial charge in [0.15, 0.2) is 0 Å². The van der Waals surface area contributed by atoms with Crippen LogP contribution in [0.25, 0.3) is 0 Å². The van der Waals surface area contributed by atoms with Crippen molar-refractivity contribution in [3.05, 3.63) is 65.2 Å². The van der Waals surface area contributed by atoms with Crippen LogP contribution in [-0.4, -0.2) is 118 Å². The van der Waals surface area contributed by atoms with E-state index in [-0.39, 0.29) is 25.4 Å². The monoisotopic (exact) mass is 791 g/mol. The van der Waals surface area contributed by atoms with E-state index in [1.54, 1.807) is 55.5 Å². The Hall–Kier alpha value is -5.18. The Morgan fingerprint density at radius 2 is 1.50 bits per heavy atom. The van der Waals surface area contributed by atoms with Gasteiger partial charge in [-0.15, -0.1) is 0 Å². The van der Waals surface area contributed by atoms with Gasteiger partial charge in [-0.25, -0.2) is 9.59 Å². The van der Waals surface area contributed by atoms with Crippen LogP contribution in [-0.2, 0) is 39.9 Å². The van der Waals surface area contributed by atoms with Gasteiger partial charge in [0.1, 0.15) is 42.4 Å². The van der Waals surface area contributed by atoms with Crippen LogP contribution < -0.4 is 21.3 Å². The van der Waals surface area contributed by atoms with Crippen molar-refractivity contribution in [1.29, 1.82) is 0 Å². The van der Waals surface area contributed by atoms with Gasteiger partial charge in [0.25, 0.3) is 0 Å². The predicted octanol–water partition coefficient (Wildman–Crippen LogP) is 2.62. The third-order valence-corrected chi connectivity index (χ3v) is 11.3. The molecule has 0 unspecified atom stereocenters. The van der Waals surface area contributed by atoms with Gasteiger partial charge in [-0.3, -0.25) is 24.0 Å². The van der Waals surface area contributed by atoms with Gasteiger partial charge in [-0.1, -0.05) is 48.9 Å². The fraction of sp³-hybridized carbons (Fsp3) is 0.525. The molecule has 0 saturated carbocycles. The smallest absolute Gasteiger partial charge is 0.329 e. The summed E-state index contributed by atoms with van der Waals surface area (Å²) in [5.41, 5.74) is 1.16. The number of esters is 1. The number of benzene rings is 2. The molecule has 0 aliphatic carbocycles. The highest BCUT2D eigenvalue weighted by Gasteiger charge is 2.47. The lowest BCUT2D eigenvalue weighted by Gasteiger charge is -2.39. The van der Waals surface area contributed by atoms with Crippen molar-refractivity contribution in [1.82, 2.24) is 30.7 Å². The number of rotatable bonds is 6. The molecule has 4 aliphatic heterocycles. The number of hydrogen-bond donors (Lipinski definition) is 4. The van der Waals surface area contributed by atoms with Gasteiger partial charge in [-0.2, -0.15) is 0 Å². The van der Waals surface area contributed by atoms with Crippen molar-refractivity contribution < 1.29 is 38.3 Å². The highest BCUT2D eigenvalue weighted by molar-refractivity contribution is 6.30. The molecule has 16 heteroatoms. The first-order chi connectivity index (χ1) is 26.8. The van der Waals surface area contributed by atoms with E-state index in [0.29, 0.717) is 55.8 Å². The maximum Gasteiger partial charge on any atom is 0.329 e. The Bertz CT molecular complexity index is 1810. The summed E-state index contributed by atoms with van der Waals surface area (Å²) >= 11 is 6.00. The average Bonchev–Trinajstić information content (AvgIpc) is 3.84. The van der Waals surface area contributed by atoms with E-state index in [1.165, 1.54) is 21.6 Å². The molecule has 8 atom stereocenters. The van der Waals surface area contributed by atoms with Gasteiger partial charge in [-0.05, 0) is 88.1 Å². The molecule has 300 valence electrons. The molecule has 0 aromatic heterocycles. The fourth-order valence-electron chi connectivity index (χ4n) is 8.14. The van der Waals surface area contributed by atoms with E-state index in [9.17, 15) is 33.6 Å². The zero-order valence-corrected chi connectivity index (χ0v) is 32.6. The second-order valence-corrected chi connectivity index (χ2v) is 15.7. The van der Waals surface area contributed by atoms with Gasteiger partial charge in [0.2, 0.25) is 29.5 Å². The maximum atomic E-state index is 14.7. The predicted molar refractivity (Wildman–Crippen MR) is 206 cm³/mol. The molecule has 4 N–H and O–H groups in total. The van der Waals surface area contributed by atoms with Crippen molar-refractivity contribution in [2.45, 2.75) is 108 Å². The van der Waals surface area contributed by atoms with Crippen molar-refractivity contribution in [3.8, 4) is 0 Å². The highest BCUT2D eigenvalue weighted by atomic mass is 35.5. The third-order valence-electron chi connectivity index (χ3n) is 11.0. The lowest BCUT2D eigenvalue weighted by atomic mass is 9.99. The molecule has 56 heavy (non-hydrogen) atoms. The number of halogens is 1. The van der Waals surface area contributed by atoms with E-state index in [2.05, 4.69) is 21.3 Å². The standard InChI is InChI=1S/C40H50ClN7O8/c1-23-20-32-39(54)56-25(3)33(45-34(49)29(21-26-10-5-4-6-11-26)44-40(55)43-28-16-14-27(41)15-17-28)38(53)47-19-9-13-31(47)37(52)46-18-8-7-12-30(46)35(50)42-24(2)36(51)48(32)22-23/h4-6,10-11,14-17,23-25,29-33H,7-9,12-13,18-22H2,1-3H3,(H,42,50)(H,45,49)(H2,43,44,55)/t23-,24+,25+,29+,30+,31+,32+,33+/m1/s1. The molecule has 0 spiro atoms. The second-order valence-electron chi connectivity index (χ2n) is 15.3. The number of anilines is 1. The van der Waals surface area contributed by atoms with Gasteiger partial charge in [0.05, 0.1) is 0 Å². The maximum absolute atomic E-state index is 14.7. The molecule has 7 amide bonds. The normalized spacial score (nSPS) is 28.0. The van der Waals surface area contributed by atoms with E-state index < -0.39 is 83.9 Å². The molecule has 2 aromatic carbocycles. The largest absolute Gasteiger partial charge is 0.458 e. The van der Waals surface area contributed by atoms with E-state index in [1.807, 2.05) is 13.0 Å². The van der Waals surface area contributed by atoms with Gasteiger partial charge >= 0.3 is 12.0 Å². The molecule has 0 bridgehead atoms. The number of carbonyl (C=O) groups is 7. The van der Waals surface area contributed by atoms with Crippen LogP contribution in [0.4, 0.5) is 10.5 Å². The number of ether oxygens (including phenoxy) is 1. The Kier molecular flexibility index (Phi) is 12.8. The number of fused-ring (bicyclic) bond motifs is 3. The fourth-order valence-corrected chi connectivity index (χ4v) is 8.27. The first-order valence-electron chi connectivity index (χ1n) is 19.4. The third kappa shape index (κ3) is 9.26. The summed E-state index contributed by atoms with van der Waals surface area (Å²) in [5, 5.41) is 11.5. The number of nitrogens with one attached hydrogen (secondary N) is 4. The molecular formula is C40H50ClN7O8. The number of cyclic esters (lactones) is 1. The summed E-state index contributed by atoms with van der Waals surface area (Å²) in [6, 6.07) is 8.33. The quantitative estimate of drug-likeness (QED) is 0.322. The first kappa shape index (κ1) is 40.5. The first-order valence-corrected chi connectivity index (χ1v) is 19.8. The minimum atomic E-state index is -1.48. The Morgan fingerprint density at radius 1 is 0.821 bits per heavy atom. The van der Waals surface area contributed by atoms with Crippen molar-refractivity contribution in [2.24, 2.45) is 5.92 Å². The SMILES string of the molecule is C[C@@H]1C[C@H]2C(=O)O[C@@H](C)[C@H](NC(=O)[C@H](Cc3ccccc3)NC(=O)Nc3ccc(Cl)cc3)C(=O)N3CCC[C@H]3C(=O)N3CCCC[C@H]3C(=O)N[C@@H](C)C(=O)N2C1. The summed E-state index contributed by atoms with van der Waals surface area (Å²) in [6.45, 7) is 5.70. The second kappa shape index (κ2) is 17.7. The highest BCUT2D eigenvalue weighted by Crippen LogP contribution is 2.29. The number of urea groups is 1. The molecule has 4 fully saturated rings. The lowest BCUT2D eigenvalue weighted by Crippen LogP contribution is -2.63. The van der Waals surface area contributed by atoms with Crippen LogP contribution in [0.3, 0.4) is 0 Å². The van der Waals surface area contributed by atoms with Crippen LogP contribution in [0.1, 0.15) is 64.9 Å². The lowest BCUT2D eigenvalue weighted by molar-refractivity contribution is -0.163. The Balaban J connectivity index is 1.32. The van der Waals surface area contributed by atoms with Crippen LogP contribution in [0, 0.1) is 5.92 Å². The van der Waals surface area contributed by atoms with Crippen molar-refractivity contribution >= 4 is 58.8 Å². The topological polar surface area (TPSA) is 187 Å². The zero-order valence-electron chi connectivity index (χ0n) is 31.9.